The van der Waals surface area contributed by atoms with Crippen molar-refractivity contribution in [2.45, 2.75) is 43.7 Å². The molecule has 10 heteroatoms. The lowest BCUT2D eigenvalue weighted by molar-refractivity contribution is -0.483. The maximum absolute atomic E-state index is 13.5. The van der Waals surface area contributed by atoms with Gasteiger partial charge in [-0.25, -0.2) is 19.3 Å². The Morgan fingerprint density at radius 3 is 2.62 bits per heavy atom. The monoisotopic (exact) mass is 440 g/mol. The number of nitro groups is 1. The van der Waals surface area contributed by atoms with Crippen LogP contribution in [0.25, 0.3) is 22.8 Å². The third-order valence-electron chi connectivity index (χ3n) is 6.17. The molecule has 1 aliphatic carbocycles. The molecule has 0 aliphatic heterocycles. The zero-order chi connectivity index (χ0) is 22.7. The van der Waals surface area contributed by atoms with E-state index in [0.29, 0.717) is 60.7 Å². The molecule has 0 saturated heterocycles. The molecule has 0 amide bonds. The molecule has 1 fully saturated rings. The van der Waals surface area contributed by atoms with Gasteiger partial charge in [-0.15, -0.1) is 0 Å². The second-order valence-electron chi connectivity index (χ2n) is 8.10. The average Bonchev–Trinajstić information content (AvgIpc) is 3.25. The van der Waals surface area contributed by atoms with Gasteiger partial charge in [0.25, 0.3) is 0 Å². The van der Waals surface area contributed by atoms with Crippen LogP contribution in [0.2, 0.25) is 0 Å². The van der Waals surface area contributed by atoms with Gasteiger partial charge in [0.05, 0.1) is 23.7 Å². The highest BCUT2D eigenvalue weighted by atomic mass is 19.1. The van der Waals surface area contributed by atoms with Gasteiger partial charge < -0.3 is 15.0 Å². The van der Waals surface area contributed by atoms with E-state index in [-0.39, 0.29) is 17.3 Å². The predicted molar refractivity (Wildman–Crippen MR) is 117 cm³/mol. The Labute approximate surface area is 184 Å². The summed E-state index contributed by atoms with van der Waals surface area (Å²) < 4.78 is 15.5. The van der Waals surface area contributed by atoms with Crippen LogP contribution in [-0.2, 0) is 5.54 Å². The molecular weight excluding hydrogens is 415 g/mol. The molecule has 168 valence electrons. The van der Waals surface area contributed by atoms with E-state index in [0.717, 1.165) is 0 Å². The Bertz CT molecular complexity index is 1090. The van der Waals surface area contributed by atoms with Crippen molar-refractivity contribution in [2.75, 3.05) is 18.9 Å². The van der Waals surface area contributed by atoms with Crippen LogP contribution in [0.4, 0.5) is 10.2 Å². The fraction of sp³-hybridized carbons (Fsp3) is 0.409. The minimum absolute atomic E-state index is 0.197. The Morgan fingerprint density at radius 1 is 1.25 bits per heavy atom. The predicted octanol–water partition coefficient (Wildman–Crippen LogP) is 3.48. The van der Waals surface area contributed by atoms with Crippen molar-refractivity contribution in [3.05, 3.63) is 58.8 Å². The van der Waals surface area contributed by atoms with Crippen molar-refractivity contribution < 1.29 is 14.4 Å². The number of nitrogens with one attached hydrogen (secondary N) is 1. The number of hydrogen-bond donors (Lipinski definition) is 2. The van der Waals surface area contributed by atoms with Crippen molar-refractivity contribution in [3.8, 4) is 22.8 Å². The molecule has 3 aromatic rings. The minimum atomic E-state index is -0.605. The highest BCUT2D eigenvalue weighted by Gasteiger charge is 2.40. The molecule has 4 rings (SSSR count). The summed E-state index contributed by atoms with van der Waals surface area (Å²) in [6.45, 7) is -0.197. The number of aliphatic hydroxyl groups is 1. The van der Waals surface area contributed by atoms with Crippen LogP contribution in [0.5, 0.6) is 0 Å². The lowest BCUT2D eigenvalue weighted by atomic mass is 9.77. The van der Waals surface area contributed by atoms with Crippen molar-refractivity contribution in [2.24, 2.45) is 0 Å². The van der Waals surface area contributed by atoms with E-state index in [4.69, 9.17) is 0 Å². The summed E-state index contributed by atoms with van der Waals surface area (Å²) >= 11 is 0. The topological polar surface area (TPSA) is 119 Å². The molecule has 2 aromatic heterocycles. The van der Waals surface area contributed by atoms with E-state index in [1.54, 1.807) is 37.8 Å². The van der Waals surface area contributed by atoms with Gasteiger partial charge in [0.1, 0.15) is 17.3 Å². The SMILES string of the molecule is CNc1ccnc(-c2c(-c3ccc(F)cc3)ncn2C2(CC[N+](=O)[O-])CCC(O)CC2)n1. The normalized spacial score (nSPS) is 20.8. The lowest BCUT2D eigenvalue weighted by Crippen LogP contribution is -2.40. The number of anilines is 1. The van der Waals surface area contributed by atoms with Crippen LogP contribution in [0.15, 0.2) is 42.9 Å². The van der Waals surface area contributed by atoms with E-state index in [1.165, 1.54) is 12.1 Å². The number of imidazole rings is 1. The zero-order valence-electron chi connectivity index (χ0n) is 17.7. The summed E-state index contributed by atoms with van der Waals surface area (Å²) in [5, 5.41) is 24.3. The van der Waals surface area contributed by atoms with Gasteiger partial charge in [-0.2, -0.15) is 0 Å². The first-order valence-electron chi connectivity index (χ1n) is 10.6. The standard InChI is InChI=1S/C22H25FN6O3/c1-24-18-8-12-25-21(27-18)20-19(15-2-4-16(23)5-3-15)26-14-28(20)22(11-13-29(31)32)9-6-17(30)7-10-22/h2-5,8,12,14,17,30H,6-7,9-11,13H2,1H3,(H,24,25,27). The molecule has 0 bridgehead atoms. The summed E-state index contributed by atoms with van der Waals surface area (Å²) in [5.41, 5.74) is 1.28. The quantitative estimate of drug-likeness (QED) is 0.426. The van der Waals surface area contributed by atoms with Gasteiger partial charge in [0.15, 0.2) is 5.82 Å². The van der Waals surface area contributed by atoms with Crippen molar-refractivity contribution >= 4 is 5.82 Å². The molecule has 2 N–H and O–H groups in total. The molecule has 32 heavy (non-hydrogen) atoms. The third-order valence-corrected chi connectivity index (χ3v) is 6.17. The largest absolute Gasteiger partial charge is 0.393 e. The molecular formula is C22H25FN6O3. The molecule has 0 radical (unpaired) electrons. The fourth-order valence-corrected chi connectivity index (χ4v) is 4.40. The van der Waals surface area contributed by atoms with E-state index in [2.05, 4.69) is 20.3 Å². The molecule has 1 aromatic carbocycles. The van der Waals surface area contributed by atoms with Gasteiger partial charge in [-0.05, 0) is 56.0 Å². The minimum Gasteiger partial charge on any atom is -0.393 e. The van der Waals surface area contributed by atoms with E-state index in [1.807, 2.05) is 4.57 Å². The second-order valence-corrected chi connectivity index (χ2v) is 8.10. The Balaban J connectivity index is 1.90. The van der Waals surface area contributed by atoms with Gasteiger partial charge in [-0.1, -0.05) is 0 Å². The molecule has 0 unspecified atom stereocenters. The summed E-state index contributed by atoms with van der Waals surface area (Å²) in [5.74, 6) is 0.679. The Hall–Kier alpha value is -3.40. The smallest absolute Gasteiger partial charge is 0.206 e. The number of halogens is 1. The van der Waals surface area contributed by atoms with Crippen LogP contribution in [0.1, 0.15) is 32.1 Å². The Morgan fingerprint density at radius 2 is 1.97 bits per heavy atom. The molecule has 1 aliphatic rings. The second kappa shape index (κ2) is 8.99. The van der Waals surface area contributed by atoms with Crippen LogP contribution >= 0.6 is 0 Å². The van der Waals surface area contributed by atoms with Crippen molar-refractivity contribution in [1.29, 1.82) is 0 Å². The number of hydrogen-bond acceptors (Lipinski definition) is 7. The van der Waals surface area contributed by atoms with Crippen LogP contribution in [-0.4, -0.2) is 49.2 Å². The highest BCUT2D eigenvalue weighted by molar-refractivity contribution is 5.76. The maximum atomic E-state index is 13.5. The highest BCUT2D eigenvalue weighted by Crippen LogP contribution is 2.43. The zero-order valence-corrected chi connectivity index (χ0v) is 17.7. The summed E-state index contributed by atoms with van der Waals surface area (Å²) in [7, 11) is 1.76. The summed E-state index contributed by atoms with van der Waals surface area (Å²) in [6, 6.07) is 7.75. The van der Waals surface area contributed by atoms with Crippen LogP contribution in [0.3, 0.4) is 0 Å². The van der Waals surface area contributed by atoms with Gasteiger partial charge in [0.2, 0.25) is 6.54 Å². The molecule has 0 atom stereocenters. The number of rotatable bonds is 7. The van der Waals surface area contributed by atoms with Gasteiger partial charge in [-0.3, -0.25) is 10.1 Å². The van der Waals surface area contributed by atoms with E-state index < -0.39 is 11.6 Å². The molecule has 0 spiro atoms. The number of aromatic nitrogens is 4. The first-order valence-corrected chi connectivity index (χ1v) is 10.6. The van der Waals surface area contributed by atoms with Gasteiger partial charge >= 0.3 is 0 Å². The number of nitrogens with zero attached hydrogens (tertiary/aromatic N) is 5. The van der Waals surface area contributed by atoms with Crippen molar-refractivity contribution in [1.82, 2.24) is 19.5 Å². The maximum Gasteiger partial charge on any atom is 0.206 e. The molecule has 9 nitrogen and oxygen atoms in total. The van der Waals surface area contributed by atoms with Gasteiger partial charge in [0, 0.05) is 30.2 Å². The summed E-state index contributed by atoms with van der Waals surface area (Å²) in [6.07, 6.45) is 5.39. The summed E-state index contributed by atoms with van der Waals surface area (Å²) in [4.78, 5) is 24.6. The van der Waals surface area contributed by atoms with Crippen LogP contribution < -0.4 is 5.32 Å². The average molecular weight is 440 g/mol. The first-order chi connectivity index (χ1) is 15.4. The number of benzene rings is 1. The van der Waals surface area contributed by atoms with Crippen LogP contribution in [0, 0.1) is 15.9 Å². The van der Waals surface area contributed by atoms with E-state index in [9.17, 15) is 19.6 Å². The molecule has 1 saturated carbocycles. The lowest BCUT2D eigenvalue weighted by Gasteiger charge is -2.40. The molecule has 2 heterocycles. The van der Waals surface area contributed by atoms with Crippen molar-refractivity contribution in [3.63, 3.8) is 0 Å². The number of aliphatic hydroxyl groups excluding tert-OH is 1. The first kappa shape index (κ1) is 21.8. The van der Waals surface area contributed by atoms with E-state index >= 15 is 0 Å². The third kappa shape index (κ3) is 4.31. The fourth-order valence-electron chi connectivity index (χ4n) is 4.40. The Kier molecular flexibility index (Phi) is 6.13.